The summed E-state index contributed by atoms with van der Waals surface area (Å²) in [6.45, 7) is 0.165. The number of rotatable bonds is 12. The summed E-state index contributed by atoms with van der Waals surface area (Å²) in [5.41, 5.74) is 7.87. The Balaban J connectivity index is 1.32. The van der Waals surface area contributed by atoms with Gasteiger partial charge in [0.25, 0.3) is 0 Å². The maximum absolute atomic E-state index is 13.5. The van der Waals surface area contributed by atoms with Crippen molar-refractivity contribution >= 4 is 51.2 Å². The highest BCUT2D eigenvalue weighted by molar-refractivity contribution is 7.79. The Morgan fingerprint density at radius 2 is 1.98 bits per heavy atom. The number of carbonyl (C=O) groups excluding carboxylic acids is 1. The van der Waals surface area contributed by atoms with Crippen LogP contribution in [0.3, 0.4) is 0 Å². The van der Waals surface area contributed by atoms with Gasteiger partial charge in [-0.1, -0.05) is 23.7 Å². The van der Waals surface area contributed by atoms with Crippen molar-refractivity contribution in [1.82, 2.24) is 15.0 Å². The van der Waals surface area contributed by atoms with Crippen LogP contribution in [0.5, 0.6) is 5.75 Å². The number of amides is 1. The summed E-state index contributed by atoms with van der Waals surface area (Å²) < 4.78 is 45.3. The third-order valence-corrected chi connectivity index (χ3v) is 6.95. The molecule has 5 aromatic rings. The molecule has 0 saturated carbocycles. The van der Waals surface area contributed by atoms with E-state index in [1.54, 1.807) is 42.5 Å². The van der Waals surface area contributed by atoms with E-state index >= 15 is 0 Å². The molecule has 0 spiro atoms. The molecule has 0 bridgehead atoms. The fourth-order valence-electron chi connectivity index (χ4n) is 4.19. The number of hydrogen-bond acceptors (Lipinski definition) is 9. The first-order valence-corrected chi connectivity index (χ1v) is 14.5. The summed E-state index contributed by atoms with van der Waals surface area (Å²) in [6.07, 6.45) is 0.401. The molecule has 2 aromatic heterocycles. The molecule has 222 valence electrons. The average molecular weight is 626 g/mol. The number of anilines is 2. The van der Waals surface area contributed by atoms with E-state index in [4.69, 9.17) is 35.9 Å². The molecule has 2 heterocycles. The van der Waals surface area contributed by atoms with Crippen LogP contribution in [-0.4, -0.2) is 42.2 Å². The zero-order chi connectivity index (χ0) is 30.3. The Kier molecular flexibility index (Phi) is 9.47. The minimum absolute atomic E-state index is 0.0193. The average Bonchev–Trinajstić information content (AvgIpc) is 3.44. The molecule has 0 saturated heterocycles. The summed E-state index contributed by atoms with van der Waals surface area (Å²) >= 11 is 4.39. The molecule has 4 N–H and O–H groups in total. The summed E-state index contributed by atoms with van der Waals surface area (Å²) in [7, 11) is 0. The van der Waals surface area contributed by atoms with Crippen molar-refractivity contribution in [3.8, 4) is 17.1 Å². The van der Waals surface area contributed by atoms with Crippen LogP contribution >= 0.6 is 11.6 Å². The quantitative estimate of drug-likeness (QED) is 0.110. The van der Waals surface area contributed by atoms with Gasteiger partial charge in [-0.15, -0.1) is 5.06 Å². The van der Waals surface area contributed by atoms with Crippen LogP contribution in [0.1, 0.15) is 11.3 Å². The highest BCUT2D eigenvalue weighted by Gasteiger charge is 2.16. The number of primary amides is 1. The monoisotopic (exact) mass is 625 g/mol. The van der Waals surface area contributed by atoms with Crippen molar-refractivity contribution in [2.24, 2.45) is 5.73 Å². The maximum atomic E-state index is 13.5. The van der Waals surface area contributed by atoms with Gasteiger partial charge in [-0.2, -0.15) is 0 Å². The van der Waals surface area contributed by atoms with Gasteiger partial charge < -0.3 is 29.6 Å². The van der Waals surface area contributed by atoms with Gasteiger partial charge in [0.2, 0.25) is 0 Å². The second kappa shape index (κ2) is 13.6. The van der Waals surface area contributed by atoms with Gasteiger partial charge in [-0.05, 0) is 66.2 Å². The Bertz CT molecular complexity index is 1790. The number of benzene rings is 3. The summed E-state index contributed by atoms with van der Waals surface area (Å²) in [6, 6.07) is 20.3. The van der Waals surface area contributed by atoms with E-state index in [0.717, 1.165) is 10.6 Å². The lowest BCUT2D eigenvalue weighted by atomic mass is 10.1. The van der Waals surface area contributed by atoms with Crippen molar-refractivity contribution < 1.29 is 31.9 Å². The SMILES string of the molecule is NC(=O)ON(CCS(=O)O)Cc1ccc(-c2ccc3ncnc(Nc4ccc(OCc5cccc(F)c5)c(Cl)c4)c3c2)o1. The van der Waals surface area contributed by atoms with Gasteiger partial charge in [0.05, 0.1) is 22.8 Å². The second-order valence-electron chi connectivity index (χ2n) is 9.21. The molecular formula is C29H25ClFN5O6S. The fraction of sp³-hybridized carbons (Fsp3) is 0.138. The molecule has 0 fully saturated rings. The highest BCUT2D eigenvalue weighted by Crippen LogP contribution is 2.33. The van der Waals surface area contributed by atoms with Crippen molar-refractivity contribution in [3.63, 3.8) is 0 Å². The largest absolute Gasteiger partial charge is 0.487 e. The summed E-state index contributed by atoms with van der Waals surface area (Å²) in [5, 5.41) is 5.49. The zero-order valence-corrected chi connectivity index (χ0v) is 24.0. The van der Waals surface area contributed by atoms with Crippen LogP contribution in [0.25, 0.3) is 22.2 Å². The first-order valence-electron chi connectivity index (χ1n) is 12.8. The molecule has 0 aliphatic heterocycles. The lowest BCUT2D eigenvalue weighted by Crippen LogP contribution is -2.32. The smallest absolute Gasteiger partial charge is 0.423 e. The molecule has 43 heavy (non-hydrogen) atoms. The number of ether oxygens (including phenoxy) is 1. The Morgan fingerprint density at radius 3 is 2.74 bits per heavy atom. The number of fused-ring (bicyclic) bond motifs is 1. The normalized spacial score (nSPS) is 11.9. The predicted molar refractivity (Wildman–Crippen MR) is 159 cm³/mol. The Hall–Kier alpha value is -4.56. The van der Waals surface area contributed by atoms with E-state index in [-0.39, 0.29) is 31.3 Å². The molecule has 1 unspecified atom stereocenters. The van der Waals surface area contributed by atoms with Crippen LogP contribution in [0.15, 0.2) is 83.5 Å². The van der Waals surface area contributed by atoms with Crippen molar-refractivity contribution in [2.75, 3.05) is 17.6 Å². The number of nitrogens with one attached hydrogen (secondary N) is 1. The number of hydrogen-bond donors (Lipinski definition) is 3. The number of hydroxylamine groups is 2. The van der Waals surface area contributed by atoms with Gasteiger partial charge in [0.1, 0.15) is 41.8 Å². The second-order valence-corrected chi connectivity index (χ2v) is 10.7. The van der Waals surface area contributed by atoms with E-state index in [0.29, 0.717) is 50.3 Å². The molecule has 1 amide bonds. The first-order chi connectivity index (χ1) is 20.7. The van der Waals surface area contributed by atoms with Gasteiger partial charge in [0.15, 0.2) is 11.1 Å². The molecular weight excluding hydrogens is 601 g/mol. The molecule has 14 heteroatoms. The standard InChI is InChI=1S/C29H25ClFN5O6S/c30-24-14-21(5-8-27(24)40-16-18-2-1-3-20(31)12-18)35-28-23-13-19(4-7-25(23)33-17-34-28)26-9-6-22(41-26)15-36(42-29(32)37)10-11-43(38)39/h1-9,12-14,17H,10-11,15-16H2,(H2,32,37)(H,38,39)(H,33,34,35). The lowest BCUT2D eigenvalue weighted by molar-refractivity contribution is -0.102. The van der Waals surface area contributed by atoms with E-state index < -0.39 is 17.2 Å². The Labute approximate surface area is 252 Å². The fourth-order valence-corrected chi connectivity index (χ4v) is 4.78. The van der Waals surface area contributed by atoms with Crippen LogP contribution in [-0.2, 0) is 29.1 Å². The van der Waals surface area contributed by atoms with Crippen LogP contribution in [0, 0.1) is 5.82 Å². The number of carbonyl (C=O) groups is 1. The third kappa shape index (κ3) is 8.05. The molecule has 0 radical (unpaired) electrons. The van der Waals surface area contributed by atoms with Gasteiger partial charge >= 0.3 is 6.09 Å². The number of aromatic nitrogens is 2. The van der Waals surface area contributed by atoms with E-state index in [1.165, 1.54) is 18.5 Å². The Morgan fingerprint density at radius 1 is 1.12 bits per heavy atom. The van der Waals surface area contributed by atoms with E-state index in [1.807, 2.05) is 18.2 Å². The predicted octanol–water partition coefficient (Wildman–Crippen LogP) is 6.04. The molecule has 1 atom stereocenters. The number of furan rings is 1. The van der Waals surface area contributed by atoms with E-state index in [9.17, 15) is 13.4 Å². The van der Waals surface area contributed by atoms with Crippen LogP contribution in [0.2, 0.25) is 5.02 Å². The maximum Gasteiger partial charge on any atom is 0.423 e. The van der Waals surface area contributed by atoms with E-state index in [2.05, 4.69) is 15.3 Å². The minimum atomic E-state index is -2.07. The van der Waals surface area contributed by atoms with Gasteiger partial charge in [-0.25, -0.2) is 23.4 Å². The molecule has 0 aliphatic rings. The summed E-state index contributed by atoms with van der Waals surface area (Å²) in [4.78, 5) is 24.9. The zero-order valence-electron chi connectivity index (χ0n) is 22.4. The topological polar surface area (TPSA) is 153 Å². The lowest BCUT2D eigenvalue weighted by Gasteiger charge is -2.17. The minimum Gasteiger partial charge on any atom is -0.487 e. The molecule has 11 nitrogen and oxygen atoms in total. The van der Waals surface area contributed by atoms with Crippen LogP contribution in [0.4, 0.5) is 20.7 Å². The van der Waals surface area contributed by atoms with Crippen LogP contribution < -0.4 is 15.8 Å². The number of halogens is 2. The van der Waals surface area contributed by atoms with Crippen molar-refractivity contribution in [3.05, 3.63) is 101 Å². The number of nitrogens with zero attached hydrogens (tertiary/aromatic N) is 3. The van der Waals surface area contributed by atoms with Crippen molar-refractivity contribution in [2.45, 2.75) is 13.2 Å². The van der Waals surface area contributed by atoms with Gasteiger partial charge in [0, 0.05) is 23.2 Å². The molecule has 3 aromatic carbocycles. The third-order valence-electron chi connectivity index (χ3n) is 6.13. The highest BCUT2D eigenvalue weighted by atomic mass is 35.5. The van der Waals surface area contributed by atoms with Crippen molar-refractivity contribution in [1.29, 1.82) is 0 Å². The number of nitrogens with two attached hydrogens (primary N) is 1. The molecule has 0 aliphatic carbocycles. The first kappa shape index (κ1) is 29.9. The summed E-state index contributed by atoms with van der Waals surface area (Å²) in [5.74, 6) is 1.47. The van der Waals surface area contributed by atoms with Gasteiger partial charge in [-0.3, -0.25) is 0 Å². The molecule has 5 rings (SSSR count).